The molecule has 0 spiro atoms. The second kappa shape index (κ2) is 5.78. The van der Waals surface area contributed by atoms with E-state index >= 15 is 0 Å². The van der Waals surface area contributed by atoms with Crippen molar-refractivity contribution in [3.05, 3.63) is 0 Å². The van der Waals surface area contributed by atoms with Gasteiger partial charge < -0.3 is 15.4 Å². The molecule has 0 saturated carbocycles. The van der Waals surface area contributed by atoms with Gasteiger partial charge in [0.1, 0.15) is 0 Å². The first kappa shape index (κ1) is 14.8. The lowest BCUT2D eigenvalue weighted by Gasteiger charge is -2.20. The van der Waals surface area contributed by atoms with Crippen LogP contribution in [-0.4, -0.2) is 54.1 Å². The molecule has 1 aromatic heterocycles. The van der Waals surface area contributed by atoms with Crippen LogP contribution in [-0.2, 0) is 9.84 Å². The van der Waals surface area contributed by atoms with E-state index in [2.05, 4.69) is 15.0 Å². The predicted molar refractivity (Wildman–Crippen MR) is 75.5 cm³/mol. The van der Waals surface area contributed by atoms with E-state index in [1.165, 1.54) is 0 Å². The van der Waals surface area contributed by atoms with Crippen LogP contribution in [0.15, 0.2) is 0 Å². The predicted octanol–water partition coefficient (Wildman–Crippen LogP) is -0.134. The van der Waals surface area contributed by atoms with Gasteiger partial charge in [-0.2, -0.15) is 15.0 Å². The summed E-state index contributed by atoms with van der Waals surface area (Å²) < 4.78 is 28.6. The molecule has 0 radical (unpaired) electrons. The Bertz CT molecular complexity index is 575. The highest BCUT2D eigenvalue weighted by atomic mass is 32.2. The van der Waals surface area contributed by atoms with Gasteiger partial charge in [0.2, 0.25) is 11.9 Å². The maximum absolute atomic E-state index is 11.6. The van der Waals surface area contributed by atoms with Crippen molar-refractivity contribution >= 4 is 21.7 Å². The van der Waals surface area contributed by atoms with Crippen molar-refractivity contribution in [2.45, 2.75) is 26.4 Å². The third-order valence-corrected chi connectivity index (χ3v) is 4.52. The van der Waals surface area contributed by atoms with Gasteiger partial charge in [0.25, 0.3) is 0 Å². The molecule has 8 nitrogen and oxygen atoms in total. The Labute approximate surface area is 118 Å². The average Bonchev–Trinajstić information content (AvgIpc) is 2.48. The Balaban J connectivity index is 2.21. The van der Waals surface area contributed by atoms with Crippen LogP contribution >= 0.6 is 0 Å². The molecule has 112 valence electrons. The summed E-state index contributed by atoms with van der Waals surface area (Å²) in [5.74, 6) is 0.723. The number of aromatic nitrogens is 3. The minimum Gasteiger partial charge on any atom is -0.461 e. The first-order valence-electron chi connectivity index (χ1n) is 6.49. The van der Waals surface area contributed by atoms with Gasteiger partial charge in [0.15, 0.2) is 9.84 Å². The number of hydrogen-bond acceptors (Lipinski definition) is 8. The van der Waals surface area contributed by atoms with Crippen LogP contribution in [0.4, 0.5) is 11.9 Å². The van der Waals surface area contributed by atoms with Gasteiger partial charge in [0, 0.05) is 13.1 Å². The van der Waals surface area contributed by atoms with Crippen LogP contribution in [0.3, 0.4) is 0 Å². The first-order valence-corrected chi connectivity index (χ1v) is 8.31. The normalized spacial score (nSPS) is 18.9. The molecule has 1 aromatic rings. The van der Waals surface area contributed by atoms with Gasteiger partial charge in [-0.3, -0.25) is 0 Å². The van der Waals surface area contributed by atoms with Crippen LogP contribution < -0.4 is 15.4 Å². The Kier molecular flexibility index (Phi) is 4.26. The fraction of sp³-hybridized carbons (Fsp3) is 0.727. The summed E-state index contributed by atoms with van der Waals surface area (Å²) in [6.07, 6.45) is 0.475. The van der Waals surface area contributed by atoms with Gasteiger partial charge in [0.05, 0.1) is 17.6 Å². The fourth-order valence-electron chi connectivity index (χ4n) is 1.90. The van der Waals surface area contributed by atoms with Crippen LogP contribution in [0.5, 0.6) is 6.01 Å². The van der Waals surface area contributed by atoms with Gasteiger partial charge >= 0.3 is 6.01 Å². The lowest BCUT2D eigenvalue weighted by Crippen LogP contribution is -2.29. The van der Waals surface area contributed by atoms with E-state index in [9.17, 15) is 8.42 Å². The molecule has 0 aromatic carbocycles. The minimum atomic E-state index is -2.97. The van der Waals surface area contributed by atoms with E-state index in [0.29, 0.717) is 25.5 Å². The van der Waals surface area contributed by atoms with Crippen molar-refractivity contribution in [1.82, 2.24) is 15.0 Å². The first-order chi connectivity index (χ1) is 9.35. The molecule has 1 aliphatic heterocycles. The van der Waals surface area contributed by atoms with Crippen LogP contribution in [0.2, 0.25) is 0 Å². The lowest BCUT2D eigenvalue weighted by molar-refractivity contribution is 0.222. The highest BCUT2D eigenvalue weighted by Gasteiger charge is 2.22. The molecular weight excluding hydrogens is 282 g/mol. The van der Waals surface area contributed by atoms with Gasteiger partial charge in [-0.15, -0.1) is 0 Å². The Hall–Kier alpha value is -1.64. The summed E-state index contributed by atoms with van der Waals surface area (Å²) in [6.45, 7) is 4.65. The van der Waals surface area contributed by atoms with Crippen molar-refractivity contribution in [2.24, 2.45) is 0 Å². The minimum absolute atomic E-state index is 0.0674. The summed E-state index contributed by atoms with van der Waals surface area (Å²) in [4.78, 5) is 14.0. The van der Waals surface area contributed by atoms with Crippen LogP contribution in [0.25, 0.3) is 0 Å². The standard InChI is InChI=1S/C11H19N5O3S/c1-8(2)19-11-14-9(12)13-10(15-11)16-4-3-6-20(17,18)7-5-16/h8H,3-7H2,1-2H3,(H2,12,13,14,15). The maximum Gasteiger partial charge on any atom is 0.323 e. The molecule has 1 aliphatic rings. The molecule has 0 unspecified atom stereocenters. The summed E-state index contributed by atoms with van der Waals surface area (Å²) >= 11 is 0. The van der Waals surface area contributed by atoms with Crippen molar-refractivity contribution < 1.29 is 13.2 Å². The van der Waals surface area contributed by atoms with Crippen LogP contribution in [0.1, 0.15) is 20.3 Å². The average molecular weight is 301 g/mol. The molecule has 1 saturated heterocycles. The Morgan fingerprint density at radius 1 is 1.20 bits per heavy atom. The monoisotopic (exact) mass is 301 g/mol. The highest BCUT2D eigenvalue weighted by Crippen LogP contribution is 2.17. The summed E-state index contributed by atoms with van der Waals surface area (Å²) in [6, 6.07) is 0.162. The number of nitrogens with zero attached hydrogens (tertiary/aromatic N) is 4. The number of anilines is 2. The second-order valence-corrected chi connectivity index (χ2v) is 7.24. The van der Waals surface area contributed by atoms with E-state index in [-0.39, 0.29) is 29.6 Å². The Morgan fingerprint density at radius 3 is 2.65 bits per heavy atom. The molecule has 0 bridgehead atoms. The number of nitrogens with two attached hydrogens (primary N) is 1. The third-order valence-electron chi connectivity index (χ3n) is 2.80. The SMILES string of the molecule is CC(C)Oc1nc(N)nc(N2CCCS(=O)(=O)CC2)n1. The number of sulfone groups is 1. The largest absolute Gasteiger partial charge is 0.461 e. The van der Waals surface area contributed by atoms with E-state index in [1.807, 2.05) is 13.8 Å². The molecule has 0 amide bonds. The van der Waals surface area contributed by atoms with Gasteiger partial charge in [-0.1, -0.05) is 0 Å². The second-order valence-electron chi connectivity index (χ2n) is 4.94. The van der Waals surface area contributed by atoms with E-state index in [4.69, 9.17) is 10.5 Å². The lowest BCUT2D eigenvalue weighted by atomic mass is 10.4. The van der Waals surface area contributed by atoms with Crippen molar-refractivity contribution in [3.63, 3.8) is 0 Å². The molecule has 2 N–H and O–H groups in total. The molecule has 0 atom stereocenters. The van der Waals surface area contributed by atoms with Crippen molar-refractivity contribution in [3.8, 4) is 6.01 Å². The van der Waals surface area contributed by atoms with E-state index in [0.717, 1.165) is 0 Å². The molecule has 2 rings (SSSR count). The molecule has 9 heteroatoms. The van der Waals surface area contributed by atoms with Gasteiger partial charge in [-0.05, 0) is 20.3 Å². The summed E-state index contributed by atoms with van der Waals surface area (Å²) in [5, 5.41) is 0. The quantitative estimate of drug-likeness (QED) is 0.821. The molecule has 2 heterocycles. The highest BCUT2D eigenvalue weighted by molar-refractivity contribution is 7.91. The number of hydrogen-bond donors (Lipinski definition) is 1. The Morgan fingerprint density at radius 2 is 1.95 bits per heavy atom. The van der Waals surface area contributed by atoms with Crippen LogP contribution in [0, 0.1) is 0 Å². The molecule has 20 heavy (non-hydrogen) atoms. The zero-order chi connectivity index (χ0) is 14.8. The topological polar surface area (TPSA) is 111 Å². The van der Waals surface area contributed by atoms with Gasteiger partial charge in [-0.25, -0.2) is 8.42 Å². The maximum atomic E-state index is 11.6. The van der Waals surface area contributed by atoms with Crippen molar-refractivity contribution in [1.29, 1.82) is 0 Å². The molecular formula is C11H19N5O3S. The molecule has 1 fully saturated rings. The zero-order valence-electron chi connectivity index (χ0n) is 11.6. The third kappa shape index (κ3) is 3.92. The summed E-state index contributed by atoms with van der Waals surface area (Å²) in [5.41, 5.74) is 5.65. The van der Waals surface area contributed by atoms with E-state index in [1.54, 1.807) is 4.90 Å². The summed E-state index contributed by atoms with van der Waals surface area (Å²) in [7, 11) is -2.97. The smallest absolute Gasteiger partial charge is 0.323 e. The van der Waals surface area contributed by atoms with Crippen molar-refractivity contribution in [2.75, 3.05) is 35.2 Å². The zero-order valence-corrected chi connectivity index (χ0v) is 12.4. The fourth-order valence-corrected chi connectivity index (χ4v) is 3.18. The number of rotatable bonds is 3. The van der Waals surface area contributed by atoms with E-state index < -0.39 is 9.84 Å². The molecule has 0 aliphatic carbocycles. The number of ether oxygens (including phenoxy) is 1. The number of nitrogen functional groups attached to an aromatic ring is 1.